The first-order valence-corrected chi connectivity index (χ1v) is 16.9. The number of unbranched alkanes of at least 4 members (excludes halogenated alkanes) is 10. The Labute approximate surface area is 261 Å². The van der Waals surface area contributed by atoms with Crippen molar-refractivity contribution in [2.24, 2.45) is 0 Å². The zero-order valence-corrected chi connectivity index (χ0v) is 26.5. The second kappa shape index (κ2) is 14.7. The SMILES string of the molecule is CCCCCCCCOc1cc2oc3cc4c(cc3c2cc1OCCCCCCCC)oc1cc(-c2ccccc2)ccc14. The highest BCUT2D eigenvalue weighted by atomic mass is 16.5. The molecule has 6 aromatic rings. The van der Waals surface area contributed by atoms with Gasteiger partial charge in [0, 0.05) is 27.6 Å². The van der Waals surface area contributed by atoms with Crippen LogP contribution in [0.1, 0.15) is 90.9 Å². The van der Waals surface area contributed by atoms with Gasteiger partial charge in [0.05, 0.1) is 13.2 Å². The lowest BCUT2D eigenvalue weighted by Crippen LogP contribution is -2.03. The molecule has 4 heteroatoms. The molecule has 4 nitrogen and oxygen atoms in total. The van der Waals surface area contributed by atoms with E-state index in [1.165, 1.54) is 69.8 Å². The minimum absolute atomic E-state index is 0.690. The molecule has 0 saturated heterocycles. The van der Waals surface area contributed by atoms with Gasteiger partial charge in [-0.25, -0.2) is 0 Å². The average molecular weight is 591 g/mol. The number of rotatable bonds is 17. The Morgan fingerprint density at radius 2 is 0.932 bits per heavy atom. The summed E-state index contributed by atoms with van der Waals surface area (Å²) in [4.78, 5) is 0. The second-order valence-electron chi connectivity index (χ2n) is 12.2. The number of hydrogen-bond donors (Lipinski definition) is 0. The lowest BCUT2D eigenvalue weighted by atomic mass is 10.0. The third-order valence-corrected chi connectivity index (χ3v) is 8.75. The fraction of sp³-hybridized carbons (Fsp3) is 0.400. The van der Waals surface area contributed by atoms with Gasteiger partial charge in [-0.1, -0.05) is 114 Å². The monoisotopic (exact) mass is 590 g/mol. The topological polar surface area (TPSA) is 44.7 Å². The molecule has 0 amide bonds. The summed E-state index contributed by atoms with van der Waals surface area (Å²) in [5.41, 5.74) is 5.72. The van der Waals surface area contributed by atoms with Crippen LogP contribution in [0.4, 0.5) is 0 Å². The molecule has 0 atom stereocenters. The highest BCUT2D eigenvalue weighted by Crippen LogP contribution is 2.41. The number of ether oxygens (including phenoxy) is 2. The summed E-state index contributed by atoms with van der Waals surface area (Å²) in [6, 6.07) is 25.2. The van der Waals surface area contributed by atoms with Gasteiger partial charge in [0.1, 0.15) is 22.3 Å². The molecule has 0 saturated carbocycles. The van der Waals surface area contributed by atoms with Crippen LogP contribution in [0.2, 0.25) is 0 Å². The molecule has 0 aliphatic heterocycles. The molecule has 0 radical (unpaired) electrons. The van der Waals surface area contributed by atoms with E-state index in [1.54, 1.807) is 0 Å². The van der Waals surface area contributed by atoms with E-state index < -0.39 is 0 Å². The molecule has 0 fully saturated rings. The molecule has 6 rings (SSSR count). The zero-order chi connectivity index (χ0) is 30.1. The number of furan rings is 2. The van der Waals surface area contributed by atoms with Crippen molar-refractivity contribution < 1.29 is 18.3 Å². The normalized spacial score (nSPS) is 11.8. The second-order valence-corrected chi connectivity index (χ2v) is 12.2. The first kappa shape index (κ1) is 30.1. The maximum atomic E-state index is 6.44. The summed E-state index contributed by atoms with van der Waals surface area (Å²) in [7, 11) is 0. The lowest BCUT2D eigenvalue weighted by Gasteiger charge is -2.13. The van der Waals surface area contributed by atoms with Gasteiger partial charge in [-0.05, 0) is 54.3 Å². The molecule has 2 heterocycles. The molecule has 0 unspecified atom stereocenters. The van der Waals surface area contributed by atoms with Gasteiger partial charge < -0.3 is 18.3 Å². The predicted octanol–water partition coefficient (Wildman–Crippen LogP) is 12.6. The van der Waals surface area contributed by atoms with E-state index in [-0.39, 0.29) is 0 Å². The van der Waals surface area contributed by atoms with Crippen molar-refractivity contribution in [3.63, 3.8) is 0 Å². The van der Waals surface area contributed by atoms with Crippen molar-refractivity contribution >= 4 is 43.9 Å². The van der Waals surface area contributed by atoms with E-state index in [0.29, 0.717) is 13.2 Å². The predicted molar refractivity (Wildman–Crippen MR) is 184 cm³/mol. The van der Waals surface area contributed by atoms with E-state index in [2.05, 4.69) is 74.5 Å². The van der Waals surface area contributed by atoms with Gasteiger partial charge in [-0.2, -0.15) is 0 Å². The Morgan fingerprint density at radius 3 is 1.57 bits per heavy atom. The molecule has 0 bridgehead atoms. The van der Waals surface area contributed by atoms with E-state index in [0.717, 1.165) is 73.8 Å². The van der Waals surface area contributed by atoms with Gasteiger partial charge in [-0.3, -0.25) is 0 Å². The van der Waals surface area contributed by atoms with Crippen molar-refractivity contribution in [1.29, 1.82) is 0 Å². The van der Waals surface area contributed by atoms with Crippen molar-refractivity contribution in [1.82, 2.24) is 0 Å². The maximum Gasteiger partial charge on any atom is 0.164 e. The van der Waals surface area contributed by atoms with Crippen molar-refractivity contribution in [2.75, 3.05) is 13.2 Å². The zero-order valence-electron chi connectivity index (χ0n) is 26.5. The Balaban J connectivity index is 1.27. The smallest absolute Gasteiger partial charge is 0.164 e. The minimum atomic E-state index is 0.690. The maximum absolute atomic E-state index is 6.44. The molecular formula is C40H46O4. The lowest BCUT2D eigenvalue weighted by molar-refractivity contribution is 0.259. The average Bonchev–Trinajstić information content (AvgIpc) is 3.59. The van der Waals surface area contributed by atoms with E-state index in [1.807, 2.05) is 12.1 Å². The van der Waals surface area contributed by atoms with Crippen LogP contribution in [-0.4, -0.2) is 13.2 Å². The van der Waals surface area contributed by atoms with Crippen molar-refractivity contribution in [2.45, 2.75) is 90.9 Å². The highest BCUT2D eigenvalue weighted by molar-refractivity contribution is 6.15. The number of benzene rings is 4. The molecule has 2 aromatic heterocycles. The molecule has 0 spiro atoms. The van der Waals surface area contributed by atoms with Crippen LogP contribution >= 0.6 is 0 Å². The third-order valence-electron chi connectivity index (χ3n) is 8.75. The Hall–Kier alpha value is -3.92. The van der Waals surface area contributed by atoms with Gasteiger partial charge >= 0.3 is 0 Å². The van der Waals surface area contributed by atoms with Crippen LogP contribution in [0.15, 0.2) is 81.6 Å². The van der Waals surface area contributed by atoms with Gasteiger partial charge in [0.25, 0.3) is 0 Å². The van der Waals surface area contributed by atoms with Crippen LogP contribution < -0.4 is 9.47 Å². The highest BCUT2D eigenvalue weighted by Gasteiger charge is 2.17. The molecule has 4 aromatic carbocycles. The van der Waals surface area contributed by atoms with Crippen molar-refractivity contribution in [3.8, 4) is 22.6 Å². The van der Waals surface area contributed by atoms with Crippen LogP contribution in [0.25, 0.3) is 55.0 Å². The fourth-order valence-electron chi connectivity index (χ4n) is 6.22. The number of fused-ring (bicyclic) bond motifs is 6. The largest absolute Gasteiger partial charge is 0.490 e. The van der Waals surface area contributed by atoms with E-state index >= 15 is 0 Å². The van der Waals surface area contributed by atoms with E-state index in [9.17, 15) is 0 Å². The van der Waals surface area contributed by atoms with Crippen LogP contribution in [0.5, 0.6) is 11.5 Å². The van der Waals surface area contributed by atoms with Crippen molar-refractivity contribution in [3.05, 3.63) is 72.8 Å². The van der Waals surface area contributed by atoms with Crippen LogP contribution in [0, 0.1) is 0 Å². The first-order chi connectivity index (χ1) is 21.7. The Bertz CT molecular complexity index is 1790. The molecule has 0 aliphatic carbocycles. The summed E-state index contributed by atoms with van der Waals surface area (Å²) >= 11 is 0. The van der Waals surface area contributed by atoms with Crippen LogP contribution in [0.3, 0.4) is 0 Å². The molecule has 230 valence electrons. The van der Waals surface area contributed by atoms with E-state index in [4.69, 9.17) is 18.3 Å². The Kier molecular flexibility index (Phi) is 10.1. The standard InChI is InChI=1S/C40H46O4/c1-3-5-7-9-11-16-22-41-39-27-34-33-26-36-32(31-21-20-30(24-35(31)43-36)29-18-14-13-15-19-29)25-37(33)44-38(34)28-40(39)42-23-17-12-10-8-6-4-2/h13-15,18-21,24-28H,3-12,16-17,22-23H2,1-2H3. The Morgan fingerprint density at radius 1 is 0.432 bits per heavy atom. The fourth-order valence-corrected chi connectivity index (χ4v) is 6.22. The summed E-state index contributed by atoms with van der Waals surface area (Å²) < 4.78 is 25.6. The summed E-state index contributed by atoms with van der Waals surface area (Å²) in [5, 5.41) is 4.21. The summed E-state index contributed by atoms with van der Waals surface area (Å²) in [6.45, 7) is 5.89. The summed E-state index contributed by atoms with van der Waals surface area (Å²) in [5.74, 6) is 1.58. The third kappa shape index (κ3) is 6.90. The molecule has 0 aliphatic rings. The van der Waals surface area contributed by atoms with Gasteiger partial charge in [0.2, 0.25) is 0 Å². The minimum Gasteiger partial charge on any atom is -0.490 e. The molecule has 0 N–H and O–H groups in total. The quantitative estimate of drug-likeness (QED) is 0.0991. The molecule has 44 heavy (non-hydrogen) atoms. The molecular weight excluding hydrogens is 544 g/mol. The summed E-state index contributed by atoms with van der Waals surface area (Å²) in [6.07, 6.45) is 14.8. The van der Waals surface area contributed by atoms with Gasteiger partial charge in [-0.15, -0.1) is 0 Å². The van der Waals surface area contributed by atoms with Crippen LogP contribution in [-0.2, 0) is 0 Å². The number of hydrogen-bond acceptors (Lipinski definition) is 4. The van der Waals surface area contributed by atoms with Gasteiger partial charge in [0.15, 0.2) is 11.5 Å². The first-order valence-electron chi connectivity index (χ1n) is 16.9.